The average molecular weight is 158 g/mol. The van der Waals surface area contributed by atoms with Gasteiger partial charge in [0, 0.05) is 6.42 Å². The van der Waals surface area contributed by atoms with Gasteiger partial charge in [-0.2, -0.15) is 0 Å². The molecule has 1 atom stereocenters. The van der Waals surface area contributed by atoms with E-state index in [4.69, 9.17) is 5.73 Å². The van der Waals surface area contributed by atoms with Crippen LogP contribution in [0.5, 0.6) is 0 Å². The molecule has 0 bridgehead atoms. The third-order valence-electron chi connectivity index (χ3n) is 1.48. The van der Waals surface area contributed by atoms with Gasteiger partial charge in [-0.3, -0.25) is 4.79 Å². The molecule has 0 aliphatic rings. The van der Waals surface area contributed by atoms with Gasteiger partial charge in [-0.05, 0) is 20.4 Å². The number of carbonyl (C=O) groups excluding carboxylic acids is 2. The van der Waals surface area contributed by atoms with Crippen molar-refractivity contribution in [2.45, 2.75) is 25.8 Å². The average Bonchev–Trinajstić information content (AvgIpc) is 1.87. The second-order valence-electron chi connectivity index (χ2n) is 2.48. The van der Waals surface area contributed by atoms with Crippen molar-refractivity contribution >= 4 is 11.7 Å². The molecule has 0 saturated carbocycles. The van der Waals surface area contributed by atoms with Gasteiger partial charge in [-0.15, -0.1) is 0 Å². The number of nitrogens with two attached hydrogens (primary N) is 1. The number of hydrogen-bond acceptors (Lipinski definition) is 3. The van der Waals surface area contributed by atoms with Crippen LogP contribution in [0.3, 0.4) is 0 Å². The monoisotopic (exact) mass is 158 g/mol. The highest BCUT2D eigenvalue weighted by Crippen LogP contribution is 1.96. The zero-order chi connectivity index (χ0) is 8.85. The fourth-order valence-electron chi connectivity index (χ4n) is 0.776. The molecule has 1 amide bonds. The Balaban J connectivity index is 3.70. The largest absolute Gasteiger partial charge is 0.368 e. The number of rotatable bonds is 5. The molecule has 4 nitrogen and oxygen atoms in total. The first kappa shape index (κ1) is 10.1. The third-order valence-corrected chi connectivity index (χ3v) is 1.48. The number of primary amides is 1. The summed E-state index contributed by atoms with van der Waals surface area (Å²) < 4.78 is 0. The van der Waals surface area contributed by atoms with Gasteiger partial charge in [0.2, 0.25) is 5.91 Å². The molecule has 0 aromatic heterocycles. The number of carbonyl (C=O) groups is 2. The fourth-order valence-corrected chi connectivity index (χ4v) is 0.776. The summed E-state index contributed by atoms with van der Waals surface area (Å²) in [6.45, 7) is 1.49. The van der Waals surface area contributed by atoms with Gasteiger partial charge in [0.1, 0.15) is 5.78 Å². The van der Waals surface area contributed by atoms with Gasteiger partial charge in [0.25, 0.3) is 0 Å². The Morgan fingerprint density at radius 1 is 1.55 bits per heavy atom. The van der Waals surface area contributed by atoms with Crippen molar-refractivity contribution in [2.24, 2.45) is 5.73 Å². The first-order valence-electron chi connectivity index (χ1n) is 3.54. The van der Waals surface area contributed by atoms with Crippen LogP contribution < -0.4 is 11.1 Å². The molecular formula is C7H14N2O2. The van der Waals surface area contributed by atoms with Crippen molar-refractivity contribution in [3.05, 3.63) is 0 Å². The third kappa shape index (κ3) is 4.50. The molecule has 0 radical (unpaired) electrons. The summed E-state index contributed by atoms with van der Waals surface area (Å²) in [6, 6.07) is -0.376. The van der Waals surface area contributed by atoms with E-state index in [1.54, 1.807) is 7.05 Å². The Bertz CT molecular complexity index is 157. The lowest BCUT2D eigenvalue weighted by Gasteiger charge is -2.09. The quantitative estimate of drug-likeness (QED) is 0.562. The molecule has 0 aromatic rings. The van der Waals surface area contributed by atoms with Gasteiger partial charge in [-0.25, -0.2) is 0 Å². The van der Waals surface area contributed by atoms with E-state index in [2.05, 4.69) is 5.32 Å². The van der Waals surface area contributed by atoms with Crippen LogP contribution in [0.1, 0.15) is 19.8 Å². The summed E-state index contributed by atoms with van der Waals surface area (Å²) in [6.07, 6.45) is 0.885. The van der Waals surface area contributed by atoms with Crippen molar-refractivity contribution in [2.75, 3.05) is 7.05 Å². The predicted molar refractivity (Wildman–Crippen MR) is 42.0 cm³/mol. The summed E-state index contributed by atoms with van der Waals surface area (Å²) in [7, 11) is 1.65. The fraction of sp³-hybridized carbons (Fsp3) is 0.714. The minimum atomic E-state index is -0.409. The zero-order valence-corrected chi connectivity index (χ0v) is 6.89. The van der Waals surface area contributed by atoms with Crippen molar-refractivity contribution in [1.29, 1.82) is 0 Å². The van der Waals surface area contributed by atoms with Crippen LogP contribution in [0.4, 0.5) is 0 Å². The Labute approximate surface area is 66.1 Å². The van der Waals surface area contributed by atoms with E-state index in [-0.39, 0.29) is 11.8 Å². The van der Waals surface area contributed by atoms with E-state index in [0.29, 0.717) is 12.8 Å². The first-order valence-corrected chi connectivity index (χ1v) is 3.54. The summed E-state index contributed by atoms with van der Waals surface area (Å²) in [4.78, 5) is 21.1. The van der Waals surface area contributed by atoms with Gasteiger partial charge in [0.15, 0.2) is 0 Å². The van der Waals surface area contributed by atoms with E-state index >= 15 is 0 Å². The molecule has 0 spiro atoms. The molecule has 0 heterocycles. The van der Waals surface area contributed by atoms with Crippen LogP contribution >= 0.6 is 0 Å². The molecule has 0 aliphatic carbocycles. The Morgan fingerprint density at radius 2 is 2.09 bits per heavy atom. The number of likely N-dealkylation sites (N-methyl/N-ethyl adjacent to an activating group) is 1. The number of ketones is 1. The Kier molecular flexibility index (Phi) is 4.45. The minimum absolute atomic E-state index is 0.0755. The maximum Gasteiger partial charge on any atom is 0.234 e. The van der Waals surface area contributed by atoms with Gasteiger partial charge in [0.05, 0.1) is 6.04 Å². The van der Waals surface area contributed by atoms with E-state index in [1.165, 1.54) is 6.92 Å². The smallest absolute Gasteiger partial charge is 0.234 e. The number of Topliss-reactive ketones (excluding diaryl/α,β-unsaturated/α-hetero) is 1. The molecule has 0 saturated heterocycles. The first-order chi connectivity index (χ1) is 5.07. The van der Waals surface area contributed by atoms with E-state index in [1.807, 2.05) is 0 Å². The molecule has 3 N–H and O–H groups in total. The Hall–Kier alpha value is -0.900. The zero-order valence-electron chi connectivity index (χ0n) is 6.89. The van der Waals surface area contributed by atoms with Crippen LogP contribution in [0.25, 0.3) is 0 Å². The highest BCUT2D eigenvalue weighted by Gasteiger charge is 2.12. The second-order valence-corrected chi connectivity index (χ2v) is 2.48. The lowest BCUT2D eigenvalue weighted by Crippen LogP contribution is -2.39. The number of nitrogens with one attached hydrogen (secondary N) is 1. The van der Waals surface area contributed by atoms with Crippen LogP contribution in [0.2, 0.25) is 0 Å². The van der Waals surface area contributed by atoms with Gasteiger partial charge >= 0.3 is 0 Å². The van der Waals surface area contributed by atoms with E-state index in [9.17, 15) is 9.59 Å². The number of hydrogen-bond donors (Lipinski definition) is 2. The van der Waals surface area contributed by atoms with E-state index in [0.717, 1.165) is 0 Å². The minimum Gasteiger partial charge on any atom is -0.368 e. The van der Waals surface area contributed by atoms with Gasteiger partial charge < -0.3 is 15.8 Å². The molecule has 0 aliphatic heterocycles. The lowest BCUT2D eigenvalue weighted by atomic mass is 10.1. The summed E-state index contributed by atoms with van der Waals surface area (Å²) in [5, 5.41) is 2.73. The van der Waals surface area contributed by atoms with Crippen LogP contribution in [0, 0.1) is 0 Å². The molecule has 0 unspecified atom stereocenters. The SMILES string of the molecule is CN[C@H](CCC(C)=O)C(N)=O. The highest BCUT2D eigenvalue weighted by atomic mass is 16.1. The van der Waals surface area contributed by atoms with Crippen LogP contribution in [0.15, 0.2) is 0 Å². The molecule has 11 heavy (non-hydrogen) atoms. The normalized spacial score (nSPS) is 12.5. The summed E-state index contributed by atoms with van der Waals surface area (Å²) in [5.74, 6) is -0.333. The molecule has 64 valence electrons. The van der Waals surface area contributed by atoms with Crippen molar-refractivity contribution in [3.63, 3.8) is 0 Å². The second kappa shape index (κ2) is 4.85. The predicted octanol–water partition coefficient (Wildman–Crippen LogP) is -0.571. The molecule has 4 heteroatoms. The maximum absolute atomic E-state index is 10.6. The molecular weight excluding hydrogens is 144 g/mol. The molecule has 0 fully saturated rings. The maximum atomic E-state index is 10.6. The van der Waals surface area contributed by atoms with Crippen molar-refractivity contribution in [1.82, 2.24) is 5.32 Å². The number of amides is 1. The topological polar surface area (TPSA) is 72.2 Å². The van der Waals surface area contributed by atoms with E-state index < -0.39 is 5.91 Å². The van der Waals surface area contributed by atoms with Gasteiger partial charge in [-0.1, -0.05) is 0 Å². The Morgan fingerprint density at radius 3 is 2.36 bits per heavy atom. The summed E-state index contributed by atoms with van der Waals surface area (Å²) >= 11 is 0. The standard InChI is InChI=1S/C7H14N2O2/c1-5(10)3-4-6(9-2)7(8)11/h6,9H,3-4H2,1-2H3,(H2,8,11)/t6-/m1/s1. The summed E-state index contributed by atoms with van der Waals surface area (Å²) in [5.41, 5.74) is 5.02. The van der Waals surface area contributed by atoms with Crippen molar-refractivity contribution in [3.8, 4) is 0 Å². The van der Waals surface area contributed by atoms with Crippen LogP contribution in [-0.2, 0) is 9.59 Å². The van der Waals surface area contributed by atoms with Crippen LogP contribution in [-0.4, -0.2) is 24.8 Å². The molecule has 0 aromatic carbocycles. The molecule has 0 rings (SSSR count). The van der Waals surface area contributed by atoms with Crippen molar-refractivity contribution < 1.29 is 9.59 Å². The lowest BCUT2D eigenvalue weighted by molar-refractivity contribution is -0.120. The highest BCUT2D eigenvalue weighted by molar-refractivity contribution is 5.81.